The second-order valence-electron chi connectivity index (χ2n) is 4.23. The van der Waals surface area contributed by atoms with Crippen LogP contribution in [0.3, 0.4) is 0 Å². The summed E-state index contributed by atoms with van der Waals surface area (Å²) >= 11 is 0. The predicted octanol–water partition coefficient (Wildman–Crippen LogP) is 0.874. The van der Waals surface area contributed by atoms with Crippen molar-refractivity contribution < 1.29 is 32.1 Å². The van der Waals surface area contributed by atoms with E-state index in [9.17, 15) is 22.8 Å². The third kappa shape index (κ3) is 3.26. The van der Waals surface area contributed by atoms with Crippen molar-refractivity contribution in [1.29, 1.82) is 0 Å². The Balaban J connectivity index is 1.76. The lowest BCUT2D eigenvalue weighted by Crippen LogP contribution is -2.53. The van der Waals surface area contributed by atoms with Gasteiger partial charge in [0.15, 0.2) is 5.82 Å². The summed E-state index contributed by atoms with van der Waals surface area (Å²) in [5.74, 6) is -2.58. The molecule has 0 atom stereocenters. The van der Waals surface area contributed by atoms with Gasteiger partial charge < -0.3 is 14.7 Å². The van der Waals surface area contributed by atoms with Crippen LogP contribution >= 0.6 is 0 Å². The SMILES string of the molecule is Cc1cc(NC(=O)C2CN(OC(=O)C(F)(F)F)C2)no1. The topological polar surface area (TPSA) is 84.7 Å². The molecule has 0 spiro atoms. The smallest absolute Gasteiger partial charge is 0.361 e. The molecule has 1 aromatic rings. The van der Waals surface area contributed by atoms with Crippen molar-refractivity contribution in [2.75, 3.05) is 18.4 Å². The van der Waals surface area contributed by atoms with Crippen molar-refractivity contribution in [1.82, 2.24) is 10.2 Å². The molecule has 1 aliphatic heterocycles. The number of hydrogen-bond acceptors (Lipinski definition) is 6. The summed E-state index contributed by atoms with van der Waals surface area (Å²) in [5.41, 5.74) is 0. The van der Waals surface area contributed by atoms with Gasteiger partial charge in [-0.3, -0.25) is 4.79 Å². The van der Waals surface area contributed by atoms with E-state index in [0.717, 1.165) is 5.06 Å². The molecule has 1 aliphatic rings. The summed E-state index contributed by atoms with van der Waals surface area (Å²) < 4.78 is 40.5. The molecule has 1 N–H and O–H groups in total. The van der Waals surface area contributed by atoms with Gasteiger partial charge in [-0.15, -0.1) is 5.06 Å². The molecule has 110 valence electrons. The minimum absolute atomic E-state index is 0.107. The number of halogens is 3. The summed E-state index contributed by atoms with van der Waals surface area (Å²) in [7, 11) is 0. The fraction of sp³-hybridized carbons (Fsp3) is 0.500. The highest BCUT2D eigenvalue weighted by Gasteiger charge is 2.45. The molecule has 20 heavy (non-hydrogen) atoms. The van der Waals surface area contributed by atoms with E-state index >= 15 is 0 Å². The van der Waals surface area contributed by atoms with Crippen LogP contribution in [0.5, 0.6) is 0 Å². The Bertz CT molecular complexity index is 522. The average Bonchev–Trinajstić information content (AvgIpc) is 2.66. The number of carbonyl (C=O) groups excluding carboxylic acids is 2. The van der Waals surface area contributed by atoms with E-state index in [1.165, 1.54) is 6.07 Å². The number of nitrogens with one attached hydrogen (secondary N) is 1. The Morgan fingerprint density at radius 2 is 2.15 bits per heavy atom. The van der Waals surface area contributed by atoms with Crippen LogP contribution in [-0.4, -0.2) is 41.4 Å². The predicted molar refractivity (Wildman–Crippen MR) is 57.1 cm³/mol. The molecule has 1 saturated heterocycles. The summed E-state index contributed by atoms with van der Waals surface area (Å²) in [4.78, 5) is 26.2. The van der Waals surface area contributed by atoms with Gasteiger partial charge in [-0.2, -0.15) is 13.2 Å². The third-order valence-electron chi connectivity index (χ3n) is 2.54. The van der Waals surface area contributed by atoms with Crippen molar-refractivity contribution in [3.05, 3.63) is 11.8 Å². The highest BCUT2D eigenvalue weighted by Crippen LogP contribution is 2.22. The summed E-state index contributed by atoms with van der Waals surface area (Å²) in [6, 6.07) is 1.50. The van der Waals surface area contributed by atoms with Crippen LogP contribution in [0, 0.1) is 12.8 Å². The molecule has 1 fully saturated rings. The molecule has 0 unspecified atom stereocenters. The first-order valence-corrected chi connectivity index (χ1v) is 5.54. The first kappa shape index (κ1) is 14.3. The average molecular weight is 293 g/mol. The van der Waals surface area contributed by atoms with Crippen LogP contribution in [0.2, 0.25) is 0 Å². The minimum atomic E-state index is -5.05. The van der Waals surface area contributed by atoms with Crippen LogP contribution in [0.25, 0.3) is 0 Å². The number of anilines is 1. The highest BCUT2D eigenvalue weighted by molar-refractivity contribution is 5.92. The Hall–Kier alpha value is -2.10. The lowest BCUT2D eigenvalue weighted by molar-refractivity contribution is -0.256. The number of carbonyl (C=O) groups is 2. The van der Waals surface area contributed by atoms with Crippen LogP contribution in [-0.2, 0) is 14.4 Å². The Morgan fingerprint density at radius 3 is 2.65 bits per heavy atom. The molecule has 0 saturated carbocycles. The first-order valence-electron chi connectivity index (χ1n) is 5.54. The molecule has 7 nitrogen and oxygen atoms in total. The van der Waals surface area contributed by atoms with Crippen LogP contribution < -0.4 is 5.32 Å². The van der Waals surface area contributed by atoms with E-state index in [1.807, 2.05) is 0 Å². The lowest BCUT2D eigenvalue weighted by atomic mass is 10.0. The molecule has 0 radical (unpaired) electrons. The maximum atomic E-state index is 11.9. The molecular weight excluding hydrogens is 283 g/mol. The number of hydroxylamine groups is 2. The van der Waals surface area contributed by atoms with Crippen LogP contribution in [0.15, 0.2) is 10.6 Å². The van der Waals surface area contributed by atoms with Gasteiger partial charge in [-0.1, -0.05) is 5.16 Å². The molecule has 2 rings (SSSR count). The number of alkyl halides is 3. The van der Waals surface area contributed by atoms with E-state index in [0.29, 0.717) is 5.76 Å². The van der Waals surface area contributed by atoms with Gasteiger partial charge in [0, 0.05) is 19.2 Å². The molecule has 0 bridgehead atoms. The van der Waals surface area contributed by atoms with Crippen molar-refractivity contribution >= 4 is 17.7 Å². The zero-order chi connectivity index (χ0) is 14.9. The Labute approximate surface area is 110 Å². The molecule has 1 amide bonds. The quantitative estimate of drug-likeness (QED) is 0.890. The number of rotatable bonds is 3. The van der Waals surface area contributed by atoms with Gasteiger partial charge in [0.2, 0.25) is 5.91 Å². The lowest BCUT2D eigenvalue weighted by Gasteiger charge is -2.35. The maximum absolute atomic E-state index is 11.9. The second-order valence-corrected chi connectivity index (χ2v) is 4.23. The van der Waals surface area contributed by atoms with Gasteiger partial charge in [-0.05, 0) is 6.92 Å². The largest absolute Gasteiger partial charge is 0.492 e. The third-order valence-corrected chi connectivity index (χ3v) is 2.54. The summed E-state index contributed by atoms with van der Waals surface area (Å²) in [6.07, 6.45) is -5.05. The molecule has 10 heteroatoms. The van der Waals surface area contributed by atoms with E-state index in [4.69, 9.17) is 4.52 Å². The zero-order valence-electron chi connectivity index (χ0n) is 10.2. The van der Waals surface area contributed by atoms with E-state index < -0.39 is 24.0 Å². The molecule has 1 aromatic heterocycles. The van der Waals surface area contributed by atoms with Crippen molar-refractivity contribution in [2.24, 2.45) is 5.92 Å². The normalized spacial score (nSPS) is 16.6. The zero-order valence-corrected chi connectivity index (χ0v) is 10.2. The highest BCUT2D eigenvalue weighted by atomic mass is 19.4. The molecular formula is C10H10F3N3O4. The fourth-order valence-electron chi connectivity index (χ4n) is 1.50. The van der Waals surface area contributed by atoms with Gasteiger partial charge in [0.1, 0.15) is 5.76 Å². The molecule has 0 aliphatic carbocycles. The van der Waals surface area contributed by atoms with Gasteiger partial charge >= 0.3 is 12.1 Å². The van der Waals surface area contributed by atoms with Crippen molar-refractivity contribution in [2.45, 2.75) is 13.1 Å². The maximum Gasteiger partial charge on any atom is 0.492 e. The summed E-state index contributed by atoms with van der Waals surface area (Å²) in [6.45, 7) is 1.43. The monoisotopic (exact) mass is 293 g/mol. The second kappa shape index (κ2) is 5.12. The van der Waals surface area contributed by atoms with Crippen LogP contribution in [0.4, 0.5) is 19.0 Å². The molecule has 2 heterocycles. The van der Waals surface area contributed by atoms with Gasteiger partial charge in [0.25, 0.3) is 0 Å². The van der Waals surface area contributed by atoms with Crippen molar-refractivity contribution in [3.63, 3.8) is 0 Å². The Kier molecular flexibility index (Phi) is 3.66. The standard InChI is InChI=1S/C10H10F3N3O4/c1-5-2-7(15-19-5)14-8(17)6-3-16(4-6)20-9(18)10(11,12)13/h2,6H,3-4H2,1H3,(H,14,15,17). The number of hydrogen-bond donors (Lipinski definition) is 1. The van der Waals surface area contributed by atoms with E-state index in [2.05, 4.69) is 15.3 Å². The van der Waals surface area contributed by atoms with Gasteiger partial charge in [-0.25, -0.2) is 4.79 Å². The van der Waals surface area contributed by atoms with E-state index in [1.54, 1.807) is 6.92 Å². The minimum Gasteiger partial charge on any atom is -0.361 e. The molecule has 0 aromatic carbocycles. The fourth-order valence-corrected chi connectivity index (χ4v) is 1.50. The number of nitrogens with zero attached hydrogens (tertiary/aromatic N) is 2. The summed E-state index contributed by atoms with van der Waals surface area (Å²) in [5, 5.41) is 6.75. The van der Waals surface area contributed by atoms with E-state index in [-0.39, 0.29) is 18.9 Å². The van der Waals surface area contributed by atoms with Gasteiger partial charge in [0.05, 0.1) is 5.92 Å². The first-order chi connectivity index (χ1) is 9.25. The number of aryl methyl sites for hydroxylation is 1. The van der Waals surface area contributed by atoms with Crippen molar-refractivity contribution in [3.8, 4) is 0 Å². The number of amides is 1. The Morgan fingerprint density at radius 1 is 1.50 bits per heavy atom. The van der Waals surface area contributed by atoms with Crippen LogP contribution in [0.1, 0.15) is 5.76 Å². The number of aromatic nitrogens is 1.